The van der Waals surface area contributed by atoms with E-state index in [1.54, 1.807) is 0 Å². The van der Waals surface area contributed by atoms with Crippen molar-refractivity contribution in [3.63, 3.8) is 0 Å². The minimum atomic E-state index is -5.02. The molecule has 2 heterocycles. The van der Waals surface area contributed by atoms with Crippen molar-refractivity contribution < 1.29 is 27.7 Å². The highest BCUT2D eigenvalue weighted by Crippen LogP contribution is 2.44. The number of rotatable bonds is 4. The summed E-state index contributed by atoms with van der Waals surface area (Å²) >= 11 is 0.695. The zero-order chi connectivity index (χ0) is 15.8. The number of thiophene rings is 1. The van der Waals surface area contributed by atoms with Crippen molar-refractivity contribution in [1.29, 1.82) is 0 Å². The van der Waals surface area contributed by atoms with E-state index in [2.05, 4.69) is 9.68 Å². The topological polar surface area (TPSA) is 89.4 Å². The molecule has 0 aliphatic rings. The number of aromatic nitrogens is 1. The number of halogens is 3. The van der Waals surface area contributed by atoms with Gasteiger partial charge < -0.3 is 9.63 Å². The highest BCUT2D eigenvalue weighted by molar-refractivity contribution is 7.10. The van der Waals surface area contributed by atoms with Crippen LogP contribution in [0, 0.1) is 17.0 Å². The number of aliphatic hydroxyl groups is 1. The summed E-state index contributed by atoms with van der Waals surface area (Å²) in [5, 5.41) is 25.6. The molecule has 0 aliphatic heterocycles. The summed E-state index contributed by atoms with van der Waals surface area (Å²) in [7, 11) is 0. The summed E-state index contributed by atoms with van der Waals surface area (Å²) in [6.07, 6.45) is -6.14. The molecule has 2 rings (SSSR count). The van der Waals surface area contributed by atoms with Crippen LogP contribution in [0.15, 0.2) is 22.0 Å². The van der Waals surface area contributed by atoms with E-state index in [0.717, 1.165) is 6.07 Å². The molecule has 0 radical (unpaired) electrons. The second-order valence-electron chi connectivity index (χ2n) is 4.31. The number of nitro groups is 1. The monoisotopic (exact) mass is 322 g/mol. The van der Waals surface area contributed by atoms with Gasteiger partial charge in [-0.15, -0.1) is 11.3 Å². The Labute approximate surface area is 119 Å². The number of alkyl halides is 3. The van der Waals surface area contributed by atoms with Gasteiger partial charge in [0.2, 0.25) is 11.4 Å². The summed E-state index contributed by atoms with van der Waals surface area (Å²) in [4.78, 5) is 9.61. The molecule has 0 saturated carbocycles. The molecule has 10 heteroatoms. The van der Waals surface area contributed by atoms with Gasteiger partial charge in [-0.25, -0.2) is 0 Å². The largest absolute Gasteiger partial charge is 0.422 e. The molecule has 0 aliphatic carbocycles. The summed E-state index contributed by atoms with van der Waals surface area (Å²) in [6, 6.07) is 2.45. The number of hydrogen-bond acceptors (Lipinski definition) is 6. The van der Waals surface area contributed by atoms with Crippen LogP contribution in [-0.4, -0.2) is 21.4 Å². The van der Waals surface area contributed by atoms with Crippen molar-refractivity contribution in [3.8, 4) is 0 Å². The maximum Gasteiger partial charge on any atom is 0.422 e. The van der Waals surface area contributed by atoms with Gasteiger partial charge in [-0.05, 0) is 18.4 Å². The van der Waals surface area contributed by atoms with Gasteiger partial charge in [-0.3, -0.25) is 10.1 Å². The first-order valence-electron chi connectivity index (χ1n) is 5.59. The smallest absolute Gasteiger partial charge is 0.375 e. The molecule has 0 saturated heterocycles. The molecule has 1 N–H and O–H groups in total. The van der Waals surface area contributed by atoms with E-state index in [1.165, 1.54) is 18.4 Å². The van der Waals surface area contributed by atoms with Gasteiger partial charge in [0.15, 0.2) is 5.69 Å². The minimum Gasteiger partial charge on any atom is -0.375 e. The molecular weight excluding hydrogens is 313 g/mol. The minimum absolute atomic E-state index is 0.147. The van der Waals surface area contributed by atoms with E-state index >= 15 is 0 Å². The van der Waals surface area contributed by atoms with Crippen molar-refractivity contribution in [2.45, 2.75) is 25.1 Å². The van der Waals surface area contributed by atoms with Gasteiger partial charge >= 0.3 is 11.9 Å². The Morgan fingerprint density at radius 3 is 2.67 bits per heavy atom. The van der Waals surface area contributed by atoms with Crippen molar-refractivity contribution in [3.05, 3.63) is 44.0 Å². The van der Waals surface area contributed by atoms with Crippen LogP contribution in [0.3, 0.4) is 0 Å². The zero-order valence-corrected chi connectivity index (χ0v) is 11.4. The lowest BCUT2D eigenvalue weighted by Gasteiger charge is -2.28. The Bertz CT molecular complexity index is 653. The summed E-state index contributed by atoms with van der Waals surface area (Å²) in [5.74, 6) is -0.620. The van der Waals surface area contributed by atoms with Crippen LogP contribution in [-0.2, 0) is 12.0 Å². The van der Waals surface area contributed by atoms with Crippen molar-refractivity contribution in [1.82, 2.24) is 5.16 Å². The van der Waals surface area contributed by atoms with E-state index in [4.69, 9.17) is 0 Å². The van der Waals surface area contributed by atoms with Gasteiger partial charge in [-0.2, -0.15) is 13.2 Å². The van der Waals surface area contributed by atoms with Crippen molar-refractivity contribution in [2.24, 2.45) is 0 Å². The molecule has 0 amide bonds. The van der Waals surface area contributed by atoms with Crippen LogP contribution < -0.4 is 0 Å². The van der Waals surface area contributed by atoms with E-state index < -0.39 is 34.6 Å². The van der Waals surface area contributed by atoms with E-state index in [1.807, 2.05) is 0 Å². The molecule has 0 fully saturated rings. The van der Waals surface area contributed by atoms with Crippen molar-refractivity contribution in [2.75, 3.05) is 0 Å². The third-order valence-corrected chi connectivity index (χ3v) is 3.92. The summed E-state index contributed by atoms with van der Waals surface area (Å²) in [6.45, 7) is 1.24. The molecule has 21 heavy (non-hydrogen) atoms. The third-order valence-electron chi connectivity index (χ3n) is 2.90. The summed E-state index contributed by atoms with van der Waals surface area (Å²) < 4.78 is 44.3. The first-order valence-corrected chi connectivity index (χ1v) is 6.47. The molecule has 2 aromatic rings. The molecule has 114 valence electrons. The number of nitrogens with zero attached hydrogens (tertiary/aromatic N) is 2. The van der Waals surface area contributed by atoms with Crippen molar-refractivity contribution >= 4 is 17.0 Å². The SMILES string of the molecule is Cc1noc(C[C@@](O)(c2cccs2)C(F)(F)F)c1[N+](=O)[O-]. The van der Waals surface area contributed by atoms with Gasteiger partial charge in [0.05, 0.1) is 11.3 Å². The molecule has 0 unspecified atom stereocenters. The zero-order valence-electron chi connectivity index (χ0n) is 10.5. The van der Waals surface area contributed by atoms with Crippen LogP contribution >= 0.6 is 11.3 Å². The maximum atomic E-state index is 13.2. The fourth-order valence-corrected chi connectivity index (χ4v) is 2.68. The number of aryl methyl sites for hydroxylation is 1. The van der Waals surface area contributed by atoms with Crippen LogP contribution in [0.2, 0.25) is 0 Å². The Hall–Kier alpha value is -1.94. The average molecular weight is 322 g/mol. The normalized spacial score (nSPS) is 14.9. The third kappa shape index (κ3) is 2.63. The van der Waals surface area contributed by atoms with Crippen LogP contribution in [0.1, 0.15) is 16.3 Å². The Morgan fingerprint density at radius 1 is 1.52 bits per heavy atom. The van der Waals surface area contributed by atoms with Crippen LogP contribution in [0.4, 0.5) is 18.9 Å². The molecule has 0 spiro atoms. The lowest BCUT2D eigenvalue weighted by Crippen LogP contribution is -2.43. The predicted octanol–water partition coefficient (Wildman–Crippen LogP) is 2.95. The van der Waals surface area contributed by atoms with E-state index in [9.17, 15) is 28.4 Å². The van der Waals surface area contributed by atoms with E-state index in [0.29, 0.717) is 11.3 Å². The fraction of sp³-hybridized carbons (Fsp3) is 0.364. The quantitative estimate of drug-likeness (QED) is 0.690. The highest BCUT2D eigenvalue weighted by atomic mass is 32.1. The molecule has 0 bridgehead atoms. The molecule has 0 aromatic carbocycles. The van der Waals surface area contributed by atoms with Gasteiger partial charge in [-0.1, -0.05) is 11.2 Å². The molecule has 1 atom stereocenters. The van der Waals surface area contributed by atoms with Crippen LogP contribution in [0.25, 0.3) is 0 Å². The first kappa shape index (κ1) is 15.4. The van der Waals surface area contributed by atoms with Gasteiger partial charge in [0.25, 0.3) is 0 Å². The molecule has 6 nitrogen and oxygen atoms in total. The second kappa shape index (κ2) is 5.11. The summed E-state index contributed by atoms with van der Waals surface area (Å²) in [5.41, 5.74) is -4.07. The fourth-order valence-electron chi connectivity index (χ4n) is 1.84. The van der Waals surface area contributed by atoms with E-state index in [-0.39, 0.29) is 10.6 Å². The van der Waals surface area contributed by atoms with Crippen LogP contribution in [0.5, 0.6) is 0 Å². The van der Waals surface area contributed by atoms with Gasteiger partial charge in [0.1, 0.15) is 0 Å². The Balaban J connectivity index is 2.49. The number of hydrogen-bond donors (Lipinski definition) is 1. The Kier molecular flexibility index (Phi) is 3.76. The lowest BCUT2D eigenvalue weighted by molar-refractivity contribution is -0.387. The lowest BCUT2D eigenvalue weighted by atomic mass is 9.94. The average Bonchev–Trinajstić information content (AvgIpc) is 2.97. The molecular formula is C11H9F3N2O4S. The maximum absolute atomic E-state index is 13.2. The first-order chi connectivity index (χ1) is 9.67. The molecule has 2 aromatic heterocycles. The Morgan fingerprint density at radius 2 is 2.19 bits per heavy atom. The second-order valence-corrected chi connectivity index (χ2v) is 5.26. The standard InChI is InChI=1S/C11H9F3N2O4S/c1-6-9(16(18)19)7(20-15-6)5-10(17,11(12,13)14)8-3-2-4-21-8/h2-4,17H,5H2,1H3/t10-/m1/s1. The predicted molar refractivity (Wildman–Crippen MR) is 65.9 cm³/mol. The highest BCUT2D eigenvalue weighted by Gasteiger charge is 2.57. The van der Waals surface area contributed by atoms with Gasteiger partial charge in [0, 0.05) is 4.88 Å².